The summed E-state index contributed by atoms with van der Waals surface area (Å²) >= 11 is 0. The number of carbonyl (C=O) groups excluding carboxylic acids is 1. The summed E-state index contributed by atoms with van der Waals surface area (Å²) in [4.78, 5) is 11.9. The minimum absolute atomic E-state index is 0.111. The third-order valence-corrected chi connectivity index (χ3v) is 2.06. The number of carbonyl (C=O) groups is 1. The quantitative estimate of drug-likeness (QED) is 0.758. The number of halogens is 1. The highest BCUT2D eigenvalue weighted by Gasteiger charge is 2.22. The SMILES string of the molecule is CC.COc1c(C)cc(F)cc1C(=O)OC(C)(C)C. The standard InChI is InChI=1S/C13H17FO3.C2H6/c1-8-6-9(14)7-10(11(8)16-5)12(15)17-13(2,3)4;1-2/h6-7H,1-5H3;1-2H3. The van der Waals surface area contributed by atoms with Gasteiger partial charge in [-0.1, -0.05) is 13.8 Å². The first-order chi connectivity index (χ1) is 8.74. The first-order valence-corrected chi connectivity index (χ1v) is 6.32. The van der Waals surface area contributed by atoms with Crippen molar-refractivity contribution in [1.29, 1.82) is 0 Å². The Kier molecular flexibility index (Phi) is 6.53. The van der Waals surface area contributed by atoms with Crippen molar-refractivity contribution in [2.24, 2.45) is 0 Å². The number of aryl methyl sites for hydroxylation is 1. The van der Waals surface area contributed by atoms with Gasteiger partial charge in [0.05, 0.1) is 7.11 Å². The van der Waals surface area contributed by atoms with Gasteiger partial charge in [0, 0.05) is 0 Å². The van der Waals surface area contributed by atoms with Gasteiger partial charge in [0.1, 0.15) is 22.7 Å². The van der Waals surface area contributed by atoms with Crippen molar-refractivity contribution in [2.75, 3.05) is 7.11 Å². The predicted octanol–water partition coefficient (Wildman–Crippen LogP) is 4.12. The highest BCUT2D eigenvalue weighted by atomic mass is 19.1. The first-order valence-electron chi connectivity index (χ1n) is 6.32. The Hall–Kier alpha value is -1.58. The fourth-order valence-corrected chi connectivity index (χ4v) is 1.49. The van der Waals surface area contributed by atoms with E-state index in [1.54, 1.807) is 27.7 Å². The number of rotatable bonds is 2. The fraction of sp³-hybridized carbons (Fsp3) is 0.533. The Morgan fingerprint density at radius 1 is 1.21 bits per heavy atom. The molecule has 0 amide bonds. The molecule has 3 nitrogen and oxygen atoms in total. The molecule has 0 fully saturated rings. The average molecular weight is 270 g/mol. The summed E-state index contributed by atoms with van der Waals surface area (Å²) < 4.78 is 23.6. The number of ether oxygens (including phenoxy) is 2. The number of benzene rings is 1. The van der Waals surface area contributed by atoms with Crippen molar-refractivity contribution in [1.82, 2.24) is 0 Å². The summed E-state index contributed by atoms with van der Waals surface area (Å²) in [6.07, 6.45) is 0. The van der Waals surface area contributed by atoms with Crippen LogP contribution in [-0.2, 0) is 4.74 Å². The molecule has 0 aliphatic rings. The Labute approximate surface area is 114 Å². The molecule has 0 spiro atoms. The van der Waals surface area contributed by atoms with Crippen molar-refractivity contribution in [3.05, 3.63) is 29.1 Å². The minimum Gasteiger partial charge on any atom is -0.496 e. The second-order valence-electron chi connectivity index (χ2n) is 4.81. The monoisotopic (exact) mass is 270 g/mol. The van der Waals surface area contributed by atoms with Gasteiger partial charge in [-0.3, -0.25) is 0 Å². The van der Waals surface area contributed by atoms with Crippen LogP contribution < -0.4 is 4.74 Å². The van der Waals surface area contributed by atoms with Crippen LogP contribution in [0.5, 0.6) is 5.75 Å². The molecule has 0 aromatic heterocycles. The van der Waals surface area contributed by atoms with Crippen LogP contribution in [0.2, 0.25) is 0 Å². The molecule has 0 aliphatic heterocycles. The van der Waals surface area contributed by atoms with Crippen LogP contribution in [-0.4, -0.2) is 18.7 Å². The molecule has 4 heteroatoms. The Morgan fingerprint density at radius 2 is 1.74 bits per heavy atom. The summed E-state index contributed by atoms with van der Waals surface area (Å²) in [6.45, 7) is 10.9. The van der Waals surface area contributed by atoms with Crippen molar-refractivity contribution in [3.8, 4) is 5.75 Å². The molecular formula is C15H23FO3. The molecule has 0 atom stereocenters. The predicted molar refractivity (Wildman–Crippen MR) is 74.2 cm³/mol. The van der Waals surface area contributed by atoms with Crippen LogP contribution in [0.3, 0.4) is 0 Å². The number of hydrogen-bond donors (Lipinski definition) is 0. The van der Waals surface area contributed by atoms with E-state index in [1.807, 2.05) is 13.8 Å². The maximum absolute atomic E-state index is 13.3. The maximum atomic E-state index is 13.3. The van der Waals surface area contributed by atoms with Gasteiger partial charge >= 0.3 is 5.97 Å². The van der Waals surface area contributed by atoms with Crippen molar-refractivity contribution in [2.45, 2.75) is 47.1 Å². The molecule has 0 saturated carbocycles. The lowest BCUT2D eigenvalue weighted by Crippen LogP contribution is -2.24. The second kappa shape index (κ2) is 7.12. The van der Waals surface area contributed by atoms with E-state index in [0.29, 0.717) is 11.3 Å². The van der Waals surface area contributed by atoms with Gasteiger partial charge in [-0.25, -0.2) is 9.18 Å². The van der Waals surface area contributed by atoms with Gasteiger partial charge in [-0.2, -0.15) is 0 Å². The molecule has 0 bridgehead atoms. The Bertz CT molecular complexity index is 434. The van der Waals surface area contributed by atoms with E-state index >= 15 is 0 Å². The van der Waals surface area contributed by atoms with E-state index in [0.717, 1.165) is 6.07 Å². The van der Waals surface area contributed by atoms with Crippen LogP contribution in [0.15, 0.2) is 12.1 Å². The van der Waals surface area contributed by atoms with E-state index in [-0.39, 0.29) is 5.56 Å². The lowest BCUT2D eigenvalue weighted by molar-refractivity contribution is 0.00658. The summed E-state index contributed by atoms with van der Waals surface area (Å²) in [5.74, 6) is -0.721. The zero-order valence-electron chi connectivity index (χ0n) is 12.8. The molecule has 0 radical (unpaired) electrons. The minimum atomic E-state index is -0.623. The highest BCUT2D eigenvalue weighted by molar-refractivity contribution is 5.93. The lowest BCUT2D eigenvalue weighted by Gasteiger charge is -2.20. The zero-order valence-corrected chi connectivity index (χ0v) is 12.8. The zero-order chi connectivity index (χ0) is 15.2. The molecular weight excluding hydrogens is 247 g/mol. The smallest absolute Gasteiger partial charge is 0.342 e. The van der Waals surface area contributed by atoms with Crippen molar-refractivity contribution < 1.29 is 18.7 Å². The number of methoxy groups -OCH3 is 1. The molecule has 0 unspecified atom stereocenters. The third kappa shape index (κ3) is 5.28. The van der Waals surface area contributed by atoms with Crippen molar-refractivity contribution in [3.63, 3.8) is 0 Å². The van der Waals surface area contributed by atoms with Crippen molar-refractivity contribution >= 4 is 5.97 Å². The first kappa shape index (κ1) is 17.4. The molecule has 1 rings (SSSR count). The van der Waals surface area contributed by atoms with Gasteiger partial charge in [-0.15, -0.1) is 0 Å². The van der Waals surface area contributed by atoms with E-state index in [4.69, 9.17) is 9.47 Å². The summed E-state index contributed by atoms with van der Waals surface area (Å²) in [5.41, 5.74) is 0.0516. The van der Waals surface area contributed by atoms with Gasteiger partial charge in [0.2, 0.25) is 0 Å². The molecule has 1 aromatic rings. The molecule has 0 aliphatic carbocycles. The van der Waals surface area contributed by atoms with E-state index < -0.39 is 17.4 Å². The van der Waals surface area contributed by atoms with Crippen LogP contribution in [0.1, 0.15) is 50.5 Å². The van der Waals surface area contributed by atoms with Gasteiger partial charge < -0.3 is 9.47 Å². The molecule has 0 N–H and O–H groups in total. The van der Waals surface area contributed by atoms with E-state index in [2.05, 4.69) is 0 Å². The Balaban J connectivity index is 0.00000154. The third-order valence-electron chi connectivity index (χ3n) is 2.06. The van der Waals surface area contributed by atoms with Crippen LogP contribution in [0.25, 0.3) is 0 Å². The largest absolute Gasteiger partial charge is 0.496 e. The van der Waals surface area contributed by atoms with Crippen LogP contribution >= 0.6 is 0 Å². The average Bonchev–Trinajstić information content (AvgIpc) is 2.28. The summed E-state index contributed by atoms with van der Waals surface area (Å²) in [7, 11) is 1.44. The molecule has 108 valence electrons. The topological polar surface area (TPSA) is 35.5 Å². The van der Waals surface area contributed by atoms with Gasteiger partial charge in [0.15, 0.2) is 0 Å². The van der Waals surface area contributed by atoms with E-state index in [9.17, 15) is 9.18 Å². The molecule has 0 saturated heterocycles. The molecule has 1 aromatic carbocycles. The van der Waals surface area contributed by atoms with Crippen LogP contribution in [0.4, 0.5) is 4.39 Å². The lowest BCUT2D eigenvalue weighted by atomic mass is 10.1. The normalized spacial score (nSPS) is 10.3. The number of esters is 1. The number of hydrogen-bond acceptors (Lipinski definition) is 3. The second-order valence-corrected chi connectivity index (χ2v) is 4.81. The maximum Gasteiger partial charge on any atom is 0.342 e. The van der Waals surface area contributed by atoms with E-state index in [1.165, 1.54) is 13.2 Å². The van der Waals surface area contributed by atoms with Gasteiger partial charge in [-0.05, 0) is 45.4 Å². The van der Waals surface area contributed by atoms with Gasteiger partial charge in [0.25, 0.3) is 0 Å². The van der Waals surface area contributed by atoms with Crippen LogP contribution in [0, 0.1) is 12.7 Å². The summed E-state index contributed by atoms with van der Waals surface area (Å²) in [5, 5.41) is 0. The Morgan fingerprint density at radius 3 is 2.16 bits per heavy atom. The molecule has 0 heterocycles. The summed E-state index contributed by atoms with van der Waals surface area (Å²) in [6, 6.07) is 2.44. The highest BCUT2D eigenvalue weighted by Crippen LogP contribution is 2.26. The molecule has 19 heavy (non-hydrogen) atoms. The fourth-order valence-electron chi connectivity index (χ4n) is 1.49.